The summed E-state index contributed by atoms with van der Waals surface area (Å²) in [4.78, 5) is 27.5. The lowest BCUT2D eigenvalue weighted by atomic mass is 10.0. The molecule has 2 saturated heterocycles. The van der Waals surface area contributed by atoms with Gasteiger partial charge in [-0.2, -0.15) is 0 Å². The van der Waals surface area contributed by atoms with Gasteiger partial charge < -0.3 is 19.7 Å². The summed E-state index contributed by atoms with van der Waals surface area (Å²) in [5.41, 5.74) is 3.33. The van der Waals surface area contributed by atoms with Crippen LogP contribution in [0.3, 0.4) is 0 Å². The molecule has 10 heteroatoms. The van der Waals surface area contributed by atoms with Gasteiger partial charge in [0.05, 0.1) is 6.10 Å². The first-order valence-electron chi connectivity index (χ1n) is 20.0. The van der Waals surface area contributed by atoms with Crippen LogP contribution in [-0.4, -0.2) is 83.6 Å². The van der Waals surface area contributed by atoms with Crippen LogP contribution in [0.4, 0.5) is 4.79 Å². The molecule has 0 unspecified atom stereocenters. The fourth-order valence-electron chi connectivity index (χ4n) is 6.99. The fourth-order valence-corrected chi connectivity index (χ4v) is 8.06. The average molecular weight is 788 g/mol. The van der Waals surface area contributed by atoms with Gasteiger partial charge in [0.15, 0.2) is 0 Å². The summed E-state index contributed by atoms with van der Waals surface area (Å²) in [7, 11) is 0. The van der Waals surface area contributed by atoms with E-state index in [9.17, 15) is 9.59 Å². The van der Waals surface area contributed by atoms with Crippen molar-refractivity contribution in [2.45, 2.75) is 102 Å². The Kier molecular flexibility index (Phi) is 16.1. The van der Waals surface area contributed by atoms with Crippen molar-refractivity contribution in [3.05, 3.63) is 95.5 Å². The van der Waals surface area contributed by atoms with E-state index in [0.717, 1.165) is 62.7 Å². The van der Waals surface area contributed by atoms with Gasteiger partial charge in [0.1, 0.15) is 11.4 Å². The largest absolute Gasteiger partial charge is 0.490 e. The molecule has 3 fully saturated rings. The lowest BCUT2D eigenvalue weighted by Crippen LogP contribution is -2.45. The first-order chi connectivity index (χ1) is 26.6. The molecule has 2 heterocycles. The van der Waals surface area contributed by atoms with Crippen molar-refractivity contribution in [3.63, 3.8) is 0 Å². The first-order valence-corrected chi connectivity index (χ1v) is 21.1. The third kappa shape index (κ3) is 13.7. The van der Waals surface area contributed by atoms with Crippen molar-refractivity contribution < 1.29 is 19.1 Å². The number of nitrogens with zero attached hydrogens (tertiary/aromatic N) is 3. The molecule has 2 amide bonds. The molecule has 3 aliphatic rings. The summed E-state index contributed by atoms with van der Waals surface area (Å²) in [6.45, 7) is 16.2. The molecule has 4 aromatic rings. The van der Waals surface area contributed by atoms with E-state index in [1.54, 1.807) is 4.90 Å². The number of carbonyl (C=O) groups excluding carboxylic acids is 2. The molecule has 1 aliphatic carbocycles. The standard InChI is InChI=1S/C32H33ClN2OS.C11H20N2O3.C2H6/c33-29-13-9-26(10-14-29)25-7-5-24(6-8-25)23-34-17-19-35(20-18-34)37-32-16-12-27-21-31(15-11-28(27)22-32)36-30-3-1-2-4-30;1-11(2,3)16-10(15)12-9-4-6-13(8-14)7-5-9;1-2/h5-16,21-22,30H,1-4,17-20,23H2;8-9H,4-7H2,1-3H3,(H,12,15);1-2H3. The number of piperidine rings is 1. The zero-order valence-electron chi connectivity index (χ0n) is 33.3. The SMILES string of the molecule is CC.CC(C)(C)OC(=O)NC1CCN(C=O)CC1.Clc1ccc(-c2ccc(CN3CCN(Sc4ccc5cc(OC6CCCC6)ccc5c4)CC3)cc2)cc1. The number of halogens is 1. The Morgan fingerprint density at radius 2 is 1.40 bits per heavy atom. The Morgan fingerprint density at radius 1 is 0.800 bits per heavy atom. The lowest BCUT2D eigenvalue weighted by molar-refractivity contribution is -0.119. The van der Waals surface area contributed by atoms with Crippen LogP contribution in [0.15, 0.2) is 89.8 Å². The molecule has 7 rings (SSSR count). The molecular formula is C45H59ClN4O4S. The van der Waals surface area contributed by atoms with Crippen LogP contribution in [0.2, 0.25) is 5.02 Å². The number of fused-ring (bicyclic) bond motifs is 1. The molecule has 0 atom stereocenters. The van der Waals surface area contributed by atoms with Gasteiger partial charge in [-0.1, -0.05) is 74.0 Å². The molecule has 0 bridgehead atoms. The van der Waals surface area contributed by atoms with E-state index in [1.165, 1.54) is 58.0 Å². The highest BCUT2D eigenvalue weighted by molar-refractivity contribution is 7.97. The number of ether oxygens (including phenoxy) is 2. The van der Waals surface area contributed by atoms with E-state index in [-0.39, 0.29) is 12.1 Å². The molecule has 296 valence electrons. The predicted octanol–water partition coefficient (Wildman–Crippen LogP) is 10.5. The number of benzene rings is 4. The molecule has 0 radical (unpaired) electrons. The minimum atomic E-state index is -0.465. The Bertz CT molecular complexity index is 1780. The molecule has 55 heavy (non-hydrogen) atoms. The lowest BCUT2D eigenvalue weighted by Gasteiger charge is -2.33. The van der Waals surface area contributed by atoms with E-state index in [0.29, 0.717) is 19.2 Å². The number of likely N-dealkylation sites (tertiary alicyclic amines) is 1. The quantitative estimate of drug-likeness (QED) is 0.134. The van der Waals surface area contributed by atoms with Crippen molar-refractivity contribution >= 4 is 46.8 Å². The molecule has 4 aromatic carbocycles. The van der Waals surface area contributed by atoms with Crippen molar-refractivity contribution in [1.82, 2.24) is 19.4 Å². The maximum absolute atomic E-state index is 11.5. The summed E-state index contributed by atoms with van der Waals surface area (Å²) in [5, 5.41) is 6.13. The minimum absolute atomic E-state index is 0.117. The second kappa shape index (κ2) is 21.0. The second-order valence-electron chi connectivity index (χ2n) is 15.3. The van der Waals surface area contributed by atoms with E-state index in [1.807, 2.05) is 58.7 Å². The maximum atomic E-state index is 11.5. The number of alkyl carbamates (subject to hydrolysis) is 1. The Hall–Kier alpha value is -3.76. The molecular weight excluding hydrogens is 728 g/mol. The van der Waals surface area contributed by atoms with E-state index >= 15 is 0 Å². The third-order valence-electron chi connectivity index (χ3n) is 9.89. The first kappa shape index (κ1) is 42.4. The smallest absolute Gasteiger partial charge is 0.407 e. The second-order valence-corrected chi connectivity index (χ2v) is 16.9. The molecule has 2 aliphatic heterocycles. The van der Waals surface area contributed by atoms with Crippen LogP contribution in [0, 0.1) is 0 Å². The van der Waals surface area contributed by atoms with Gasteiger partial charge in [-0.3, -0.25) is 9.69 Å². The van der Waals surface area contributed by atoms with Gasteiger partial charge in [-0.05, 0) is 135 Å². The monoisotopic (exact) mass is 786 g/mol. The molecule has 1 saturated carbocycles. The number of hydrogen-bond acceptors (Lipinski definition) is 7. The summed E-state index contributed by atoms with van der Waals surface area (Å²) in [6, 6.07) is 30.4. The van der Waals surface area contributed by atoms with Crippen molar-refractivity contribution in [2.24, 2.45) is 0 Å². The summed E-state index contributed by atoms with van der Waals surface area (Å²) < 4.78 is 13.9. The number of piperazine rings is 1. The highest BCUT2D eigenvalue weighted by Crippen LogP contribution is 2.31. The molecule has 0 spiro atoms. The number of hydrogen-bond donors (Lipinski definition) is 1. The van der Waals surface area contributed by atoms with Crippen LogP contribution >= 0.6 is 23.5 Å². The fraction of sp³-hybridized carbons (Fsp3) is 0.467. The normalized spacial score (nSPS) is 17.1. The van der Waals surface area contributed by atoms with Gasteiger partial charge in [-0.25, -0.2) is 9.10 Å². The van der Waals surface area contributed by atoms with Gasteiger partial charge in [0, 0.05) is 61.8 Å². The van der Waals surface area contributed by atoms with Crippen LogP contribution in [0.1, 0.15) is 78.7 Å². The highest BCUT2D eigenvalue weighted by atomic mass is 35.5. The van der Waals surface area contributed by atoms with Crippen LogP contribution < -0.4 is 10.1 Å². The van der Waals surface area contributed by atoms with E-state index in [4.69, 9.17) is 21.1 Å². The summed E-state index contributed by atoms with van der Waals surface area (Å²) in [6.07, 6.45) is 7.43. The Balaban J connectivity index is 0.000000272. The zero-order chi connectivity index (χ0) is 39.2. The minimum Gasteiger partial charge on any atom is -0.490 e. The Labute approximate surface area is 338 Å². The third-order valence-corrected chi connectivity index (χ3v) is 11.2. The topological polar surface area (TPSA) is 74.4 Å². The predicted molar refractivity (Wildman–Crippen MR) is 228 cm³/mol. The van der Waals surface area contributed by atoms with Gasteiger partial charge >= 0.3 is 6.09 Å². The van der Waals surface area contributed by atoms with Gasteiger partial charge in [0.25, 0.3) is 0 Å². The molecule has 0 aromatic heterocycles. The summed E-state index contributed by atoms with van der Waals surface area (Å²) >= 11 is 7.91. The summed E-state index contributed by atoms with van der Waals surface area (Å²) in [5.74, 6) is 1.01. The van der Waals surface area contributed by atoms with E-state index < -0.39 is 5.60 Å². The van der Waals surface area contributed by atoms with E-state index in [2.05, 4.69) is 87.3 Å². The zero-order valence-corrected chi connectivity index (χ0v) is 34.8. The van der Waals surface area contributed by atoms with Crippen molar-refractivity contribution in [2.75, 3.05) is 39.3 Å². The highest BCUT2D eigenvalue weighted by Gasteiger charge is 2.23. The van der Waals surface area contributed by atoms with Crippen molar-refractivity contribution in [1.29, 1.82) is 0 Å². The van der Waals surface area contributed by atoms with Crippen LogP contribution in [0.25, 0.3) is 21.9 Å². The average Bonchev–Trinajstić information content (AvgIpc) is 3.70. The molecule has 1 N–H and O–H groups in total. The number of nitrogens with one attached hydrogen (secondary N) is 1. The van der Waals surface area contributed by atoms with Crippen LogP contribution in [0.5, 0.6) is 5.75 Å². The Morgan fingerprint density at radius 3 is 2.02 bits per heavy atom. The number of amides is 2. The van der Waals surface area contributed by atoms with Crippen molar-refractivity contribution in [3.8, 4) is 16.9 Å². The maximum Gasteiger partial charge on any atom is 0.407 e. The number of rotatable bonds is 9. The molecule has 8 nitrogen and oxygen atoms in total. The van der Waals surface area contributed by atoms with Crippen LogP contribution in [-0.2, 0) is 16.1 Å². The number of carbonyl (C=O) groups is 2. The van der Waals surface area contributed by atoms with Gasteiger partial charge in [0.2, 0.25) is 6.41 Å². The van der Waals surface area contributed by atoms with Gasteiger partial charge in [-0.15, -0.1) is 0 Å².